The van der Waals surface area contributed by atoms with Gasteiger partial charge in [0.1, 0.15) is 0 Å². The van der Waals surface area contributed by atoms with Crippen molar-refractivity contribution >= 4 is 28.5 Å². The maximum absolute atomic E-state index is 10.8. The van der Waals surface area contributed by atoms with Gasteiger partial charge in [0.05, 0.1) is 0 Å². The van der Waals surface area contributed by atoms with Crippen LogP contribution in [0.2, 0.25) is 0 Å². The van der Waals surface area contributed by atoms with Crippen LogP contribution >= 0.6 is 11.8 Å². The molecule has 18 heavy (non-hydrogen) atoms. The molecule has 0 aliphatic rings. The maximum atomic E-state index is 10.8. The van der Waals surface area contributed by atoms with E-state index in [0.717, 1.165) is 17.0 Å². The minimum absolute atomic E-state index is 0.0879. The summed E-state index contributed by atoms with van der Waals surface area (Å²) in [6, 6.07) is 7.35. The Morgan fingerprint density at radius 2 is 1.89 bits per heavy atom. The highest BCUT2D eigenvalue weighted by atomic mass is 32.2. The molecule has 0 saturated carbocycles. The van der Waals surface area contributed by atoms with E-state index in [4.69, 9.17) is 0 Å². The van der Waals surface area contributed by atoms with Crippen LogP contribution < -0.4 is 5.32 Å². The molecular weight excluding hydrogens is 246 g/mol. The smallest absolute Gasteiger partial charge is 0.221 e. The maximum Gasteiger partial charge on any atom is 0.221 e. The van der Waals surface area contributed by atoms with Crippen LogP contribution in [-0.4, -0.2) is 16.8 Å². The van der Waals surface area contributed by atoms with Gasteiger partial charge in [-0.05, 0) is 24.3 Å². The van der Waals surface area contributed by atoms with Crippen molar-refractivity contribution in [3.63, 3.8) is 0 Å². The summed E-state index contributed by atoms with van der Waals surface area (Å²) in [6.07, 6.45) is 0.692. The number of rotatable bonds is 3. The van der Waals surface area contributed by atoms with Crippen molar-refractivity contribution in [3.05, 3.63) is 29.8 Å². The lowest BCUT2D eigenvalue weighted by molar-refractivity contribution is -0.114. The Labute approximate surface area is 111 Å². The molecule has 3 nitrogen and oxygen atoms in total. The Hall–Kier alpha value is -1.73. The van der Waals surface area contributed by atoms with E-state index in [2.05, 4.69) is 17.2 Å². The molecule has 1 rings (SSSR count). The summed E-state index contributed by atoms with van der Waals surface area (Å²) in [5.41, 5.74) is 1.66. The number of benzene rings is 1. The van der Waals surface area contributed by atoms with Crippen LogP contribution in [0.3, 0.4) is 0 Å². The van der Waals surface area contributed by atoms with Gasteiger partial charge in [-0.1, -0.05) is 23.6 Å². The van der Waals surface area contributed by atoms with Crippen LogP contribution in [0.1, 0.15) is 25.8 Å². The van der Waals surface area contributed by atoms with Crippen molar-refractivity contribution in [2.45, 2.75) is 20.3 Å². The van der Waals surface area contributed by atoms with Gasteiger partial charge in [-0.3, -0.25) is 9.59 Å². The fourth-order valence-electron chi connectivity index (χ4n) is 1.25. The van der Waals surface area contributed by atoms with Crippen LogP contribution in [0.5, 0.6) is 0 Å². The molecule has 0 unspecified atom stereocenters. The van der Waals surface area contributed by atoms with E-state index in [0.29, 0.717) is 6.42 Å². The van der Waals surface area contributed by atoms with E-state index in [1.54, 1.807) is 6.92 Å². The van der Waals surface area contributed by atoms with Crippen LogP contribution in [-0.2, 0) is 9.59 Å². The van der Waals surface area contributed by atoms with E-state index in [9.17, 15) is 9.59 Å². The molecule has 0 radical (unpaired) electrons. The minimum atomic E-state index is -0.0879. The largest absolute Gasteiger partial charge is 0.326 e. The highest BCUT2D eigenvalue weighted by Gasteiger charge is 1.94. The zero-order valence-corrected chi connectivity index (χ0v) is 11.3. The summed E-state index contributed by atoms with van der Waals surface area (Å²) < 4.78 is 0. The van der Waals surface area contributed by atoms with Crippen LogP contribution in [0.4, 0.5) is 5.69 Å². The molecule has 0 bridgehead atoms. The van der Waals surface area contributed by atoms with Gasteiger partial charge in [-0.25, -0.2) is 0 Å². The highest BCUT2D eigenvalue weighted by molar-refractivity contribution is 8.13. The Bertz CT molecular complexity index is 483. The van der Waals surface area contributed by atoms with E-state index in [1.165, 1.54) is 18.7 Å². The fraction of sp³-hybridized carbons (Fsp3) is 0.286. The molecule has 0 atom stereocenters. The van der Waals surface area contributed by atoms with Gasteiger partial charge >= 0.3 is 0 Å². The van der Waals surface area contributed by atoms with Crippen molar-refractivity contribution < 1.29 is 9.59 Å². The number of anilines is 1. The second-order valence-corrected chi connectivity index (χ2v) is 4.92. The molecule has 0 aliphatic heterocycles. The summed E-state index contributed by atoms with van der Waals surface area (Å²) in [4.78, 5) is 21.5. The average Bonchev–Trinajstić information content (AvgIpc) is 2.30. The van der Waals surface area contributed by atoms with Gasteiger partial charge in [0.15, 0.2) is 5.12 Å². The molecule has 0 aromatic heterocycles. The summed E-state index contributed by atoms with van der Waals surface area (Å²) in [6.45, 7) is 3.03. The molecule has 94 valence electrons. The van der Waals surface area contributed by atoms with Gasteiger partial charge in [-0.15, -0.1) is 0 Å². The topological polar surface area (TPSA) is 46.2 Å². The number of hydrogen-bond acceptors (Lipinski definition) is 3. The fourth-order valence-corrected chi connectivity index (χ4v) is 1.74. The molecule has 1 aromatic rings. The minimum Gasteiger partial charge on any atom is -0.326 e. The lowest BCUT2D eigenvalue weighted by atomic mass is 10.2. The van der Waals surface area contributed by atoms with Crippen molar-refractivity contribution in [3.8, 4) is 11.8 Å². The van der Waals surface area contributed by atoms with Crippen LogP contribution in [0.25, 0.3) is 0 Å². The zero-order chi connectivity index (χ0) is 13.4. The third-order valence-corrected chi connectivity index (χ3v) is 2.79. The lowest BCUT2D eigenvalue weighted by Crippen LogP contribution is -2.05. The predicted octanol–water partition coefficient (Wildman–Crippen LogP) is 2.67. The molecule has 4 heteroatoms. The zero-order valence-electron chi connectivity index (χ0n) is 10.4. The van der Waals surface area contributed by atoms with E-state index < -0.39 is 0 Å². The predicted molar refractivity (Wildman–Crippen MR) is 75.4 cm³/mol. The highest BCUT2D eigenvalue weighted by Crippen LogP contribution is 2.08. The van der Waals surface area contributed by atoms with E-state index in [-0.39, 0.29) is 11.0 Å². The number of thioether (sulfide) groups is 1. The first-order valence-electron chi connectivity index (χ1n) is 5.58. The van der Waals surface area contributed by atoms with Crippen LogP contribution in [0, 0.1) is 11.8 Å². The first kappa shape index (κ1) is 14.3. The third-order valence-electron chi connectivity index (χ3n) is 1.97. The van der Waals surface area contributed by atoms with Crippen molar-refractivity contribution in [2.24, 2.45) is 0 Å². The molecule has 0 aliphatic carbocycles. The third kappa shape index (κ3) is 6.12. The normalized spacial score (nSPS) is 9.22. The summed E-state index contributed by atoms with van der Waals surface area (Å²) >= 11 is 1.29. The van der Waals surface area contributed by atoms with E-state index in [1.807, 2.05) is 24.3 Å². The van der Waals surface area contributed by atoms with Crippen LogP contribution in [0.15, 0.2) is 24.3 Å². The number of nitrogens with one attached hydrogen (secondary N) is 1. The summed E-state index contributed by atoms with van der Waals surface area (Å²) in [7, 11) is 0. The number of carbonyl (C=O) groups is 2. The second-order valence-electron chi connectivity index (χ2n) is 3.65. The molecule has 0 spiro atoms. The van der Waals surface area contributed by atoms with Gasteiger partial charge < -0.3 is 5.32 Å². The molecule has 1 N–H and O–H groups in total. The number of amides is 1. The molecule has 0 heterocycles. The van der Waals surface area contributed by atoms with Gasteiger partial charge in [0, 0.05) is 37.3 Å². The molecule has 1 aromatic carbocycles. The van der Waals surface area contributed by atoms with Crippen molar-refractivity contribution in [2.75, 3.05) is 11.1 Å². The number of carbonyl (C=O) groups excluding carboxylic acids is 2. The Kier molecular flexibility index (Phi) is 6.03. The summed E-state index contributed by atoms with van der Waals surface area (Å²) in [5.74, 6) is 6.66. The molecule has 1 amide bonds. The number of hydrogen-bond donors (Lipinski definition) is 1. The monoisotopic (exact) mass is 261 g/mol. The summed E-state index contributed by atoms with van der Waals surface area (Å²) in [5, 5.41) is 2.81. The lowest BCUT2D eigenvalue weighted by Gasteiger charge is -2.00. The average molecular weight is 261 g/mol. The van der Waals surface area contributed by atoms with Gasteiger partial charge in [0.2, 0.25) is 5.91 Å². The molecule has 0 saturated heterocycles. The first-order chi connectivity index (χ1) is 8.58. The van der Waals surface area contributed by atoms with Gasteiger partial charge in [0.25, 0.3) is 0 Å². The molecular formula is C14H15NO2S. The Morgan fingerprint density at radius 3 is 2.44 bits per heavy atom. The quantitative estimate of drug-likeness (QED) is 0.672. The van der Waals surface area contributed by atoms with Crippen molar-refractivity contribution in [1.82, 2.24) is 0 Å². The van der Waals surface area contributed by atoms with Gasteiger partial charge in [-0.2, -0.15) is 0 Å². The molecule has 0 fully saturated rings. The Morgan fingerprint density at radius 1 is 1.22 bits per heavy atom. The van der Waals surface area contributed by atoms with E-state index >= 15 is 0 Å². The first-order valence-corrected chi connectivity index (χ1v) is 6.56. The van der Waals surface area contributed by atoms with Crippen molar-refractivity contribution in [1.29, 1.82) is 0 Å². The second kappa shape index (κ2) is 7.57. The SMILES string of the molecule is CC(=O)Nc1ccc(C#CCCSC(C)=O)cc1. The Balaban J connectivity index is 2.46. The standard InChI is InChI=1S/C14H15NO2S/c1-11(16)15-14-8-6-13(7-9-14)5-3-4-10-18-12(2)17/h6-9H,4,10H2,1-2H3,(H,15,16).